The number of hydrogen-bond donors (Lipinski definition) is 1. The second-order valence-corrected chi connectivity index (χ2v) is 4.37. The molecule has 1 aliphatic carbocycles. The van der Waals surface area contributed by atoms with Gasteiger partial charge in [-0.05, 0) is 26.7 Å². The molecule has 0 atom stereocenters. The molecule has 0 radical (unpaired) electrons. The summed E-state index contributed by atoms with van der Waals surface area (Å²) in [6.07, 6.45) is -0.377. The first-order chi connectivity index (χ1) is 8.61. The van der Waals surface area contributed by atoms with Gasteiger partial charge in [-0.1, -0.05) is 0 Å². The SMILES string of the molecule is CCNc1nc(C2CC2)nc(OCC(F)F)c1C. The zero-order valence-electron chi connectivity index (χ0n) is 10.5. The van der Waals surface area contributed by atoms with Crippen LogP contribution in [0.1, 0.15) is 37.1 Å². The van der Waals surface area contributed by atoms with E-state index in [4.69, 9.17) is 4.74 Å². The fraction of sp³-hybridized carbons (Fsp3) is 0.667. The largest absolute Gasteiger partial charge is 0.471 e. The molecule has 2 rings (SSSR count). The van der Waals surface area contributed by atoms with Gasteiger partial charge in [-0.3, -0.25) is 0 Å². The Kier molecular flexibility index (Phi) is 3.93. The highest BCUT2D eigenvalue weighted by Crippen LogP contribution is 2.39. The Bertz CT molecular complexity index is 422. The third-order valence-corrected chi connectivity index (χ3v) is 2.75. The van der Waals surface area contributed by atoms with Crippen LogP contribution in [0.5, 0.6) is 5.88 Å². The van der Waals surface area contributed by atoms with Crippen molar-refractivity contribution in [3.8, 4) is 5.88 Å². The molecule has 1 fully saturated rings. The van der Waals surface area contributed by atoms with Crippen molar-refractivity contribution in [3.05, 3.63) is 11.4 Å². The zero-order chi connectivity index (χ0) is 13.1. The number of nitrogens with one attached hydrogen (secondary N) is 1. The lowest BCUT2D eigenvalue weighted by Crippen LogP contribution is -2.12. The van der Waals surface area contributed by atoms with E-state index in [1.807, 2.05) is 6.92 Å². The average Bonchev–Trinajstić information content (AvgIpc) is 3.14. The van der Waals surface area contributed by atoms with Crippen molar-refractivity contribution in [3.63, 3.8) is 0 Å². The molecular weight excluding hydrogens is 240 g/mol. The van der Waals surface area contributed by atoms with Crippen LogP contribution in [0.25, 0.3) is 0 Å². The Hall–Kier alpha value is -1.46. The summed E-state index contributed by atoms with van der Waals surface area (Å²) in [5, 5.41) is 3.11. The van der Waals surface area contributed by atoms with Crippen molar-refractivity contribution < 1.29 is 13.5 Å². The molecule has 1 saturated carbocycles. The van der Waals surface area contributed by atoms with Crippen molar-refractivity contribution in [2.24, 2.45) is 0 Å². The maximum atomic E-state index is 12.2. The number of nitrogens with zero attached hydrogens (tertiary/aromatic N) is 2. The topological polar surface area (TPSA) is 47.0 Å². The van der Waals surface area contributed by atoms with E-state index in [0.29, 0.717) is 23.1 Å². The van der Waals surface area contributed by atoms with Crippen molar-refractivity contribution in [2.45, 2.75) is 39.0 Å². The van der Waals surface area contributed by atoms with E-state index in [-0.39, 0.29) is 5.88 Å². The first kappa shape index (κ1) is 13.0. The summed E-state index contributed by atoms with van der Waals surface area (Å²) in [6.45, 7) is 3.82. The van der Waals surface area contributed by atoms with Crippen molar-refractivity contribution >= 4 is 5.82 Å². The molecule has 6 heteroatoms. The first-order valence-electron chi connectivity index (χ1n) is 6.15. The highest BCUT2D eigenvalue weighted by atomic mass is 19.3. The van der Waals surface area contributed by atoms with Gasteiger partial charge in [0.2, 0.25) is 5.88 Å². The van der Waals surface area contributed by atoms with E-state index in [9.17, 15) is 8.78 Å². The number of halogens is 2. The fourth-order valence-electron chi connectivity index (χ4n) is 1.66. The minimum Gasteiger partial charge on any atom is -0.471 e. The predicted octanol–water partition coefficient (Wildman–Crippen LogP) is 2.74. The summed E-state index contributed by atoms with van der Waals surface area (Å²) < 4.78 is 29.4. The number of alkyl halides is 2. The second kappa shape index (κ2) is 5.46. The molecule has 0 amide bonds. The van der Waals surface area contributed by atoms with Gasteiger partial charge < -0.3 is 10.1 Å². The fourth-order valence-corrected chi connectivity index (χ4v) is 1.66. The summed E-state index contributed by atoms with van der Waals surface area (Å²) in [5.41, 5.74) is 0.682. The molecule has 0 unspecified atom stereocenters. The van der Waals surface area contributed by atoms with E-state index >= 15 is 0 Å². The minimum atomic E-state index is -2.49. The standard InChI is InChI=1S/C12H17F2N3O/c1-3-15-10-7(2)12(18-6-9(13)14)17-11(16-10)8-4-5-8/h8-9H,3-6H2,1-2H3,(H,15,16,17). The highest BCUT2D eigenvalue weighted by Gasteiger charge is 2.28. The van der Waals surface area contributed by atoms with E-state index < -0.39 is 13.0 Å². The third-order valence-electron chi connectivity index (χ3n) is 2.75. The van der Waals surface area contributed by atoms with Gasteiger partial charge in [0.1, 0.15) is 11.6 Å². The number of ether oxygens (including phenoxy) is 1. The lowest BCUT2D eigenvalue weighted by molar-refractivity contribution is 0.0790. The van der Waals surface area contributed by atoms with Crippen LogP contribution in [-0.4, -0.2) is 29.5 Å². The van der Waals surface area contributed by atoms with Gasteiger partial charge in [0.25, 0.3) is 6.43 Å². The van der Waals surface area contributed by atoms with Crippen molar-refractivity contribution in [2.75, 3.05) is 18.5 Å². The number of hydrogen-bond acceptors (Lipinski definition) is 4. The summed E-state index contributed by atoms with van der Waals surface area (Å²) >= 11 is 0. The van der Waals surface area contributed by atoms with Crippen LogP contribution in [0.15, 0.2) is 0 Å². The van der Waals surface area contributed by atoms with Crippen LogP contribution in [0.4, 0.5) is 14.6 Å². The monoisotopic (exact) mass is 257 g/mol. The Labute approximate surface area is 105 Å². The molecule has 0 saturated heterocycles. The molecular formula is C12H17F2N3O. The molecule has 0 spiro atoms. The van der Waals surface area contributed by atoms with E-state index in [2.05, 4.69) is 15.3 Å². The summed E-state index contributed by atoms with van der Waals surface area (Å²) in [6, 6.07) is 0. The molecule has 4 nitrogen and oxygen atoms in total. The molecule has 1 aliphatic rings. The first-order valence-corrected chi connectivity index (χ1v) is 6.15. The summed E-state index contributed by atoms with van der Waals surface area (Å²) in [5.74, 6) is 2.00. The number of anilines is 1. The normalized spacial score (nSPS) is 14.9. The van der Waals surface area contributed by atoms with E-state index in [1.54, 1.807) is 6.92 Å². The predicted molar refractivity (Wildman–Crippen MR) is 64.4 cm³/mol. The molecule has 100 valence electrons. The number of aromatic nitrogens is 2. The quantitative estimate of drug-likeness (QED) is 0.851. The van der Waals surface area contributed by atoms with Gasteiger partial charge in [-0.25, -0.2) is 13.8 Å². The summed E-state index contributed by atoms with van der Waals surface area (Å²) in [7, 11) is 0. The Morgan fingerprint density at radius 3 is 2.67 bits per heavy atom. The maximum absolute atomic E-state index is 12.2. The van der Waals surface area contributed by atoms with Gasteiger partial charge in [-0.2, -0.15) is 4.98 Å². The molecule has 0 aromatic carbocycles. The lowest BCUT2D eigenvalue weighted by Gasteiger charge is -2.13. The van der Waals surface area contributed by atoms with Gasteiger partial charge in [0.15, 0.2) is 6.61 Å². The second-order valence-electron chi connectivity index (χ2n) is 4.37. The van der Waals surface area contributed by atoms with Gasteiger partial charge in [-0.15, -0.1) is 0 Å². The Morgan fingerprint density at radius 1 is 1.39 bits per heavy atom. The van der Waals surface area contributed by atoms with E-state index in [1.165, 1.54) is 0 Å². The van der Waals surface area contributed by atoms with E-state index in [0.717, 1.165) is 19.4 Å². The molecule has 1 heterocycles. The van der Waals surface area contributed by atoms with Crippen LogP contribution in [0.2, 0.25) is 0 Å². The average molecular weight is 257 g/mol. The zero-order valence-corrected chi connectivity index (χ0v) is 10.5. The molecule has 0 bridgehead atoms. The van der Waals surface area contributed by atoms with Crippen LogP contribution in [0.3, 0.4) is 0 Å². The smallest absolute Gasteiger partial charge is 0.272 e. The van der Waals surface area contributed by atoms with Crippen LogP contribution in [-0.2, 0) is 0 Å². The van der Waals surface area contributed by atoms with Gasteiger partial charge >= 0.3 is 0 Å². The molecule has 1 aromatic heterocycles. The summed E-state index contributed by atoms with van der Waals surface area (Å²) in [4.78, 5) is 8.66. The number of rotatable bonds is 6. The van der Waals surface area contributed by atoms with Crippen LogP contribution < -0.4 is 10.1 Å². The third kappa shape index (κ3) is 3.05. The van der Waals surface area contributed by atoms with Gasteiger partial charge in [0, 0.05) is 12.5 Å². The Morgan fingerprint density at radius 2 is 2.11 bits per heavy atom. The molecule has 1 N–H and O–H groups in total. The highest BCUT2D eigenvalue weighted by molar-refractivity contribution is 5.49. The molecule has 1 aromatic rings. The maximum Gasteiger partial charge on any atom is 0.272 e. The molecule has 18 heavy (non-hydrogen) atoms. The lowest BCUT2D eigenvalue weighted by atomic mass is 10.3. The van der Waals surface area contributed by atoms with Crippen LogP contribution in [0, 0.1) is 6.92 Å². The van der Waals surface area contributed by atoms with Crippen LogP contribution >= 0.6 is 0 Å². The van der Waals surface area contributed by atoms with Crippen molar-refractivity contribution in [1.29, 1.82) is 0 Å². The van der Waals surface area contributed by atoms with Crippen molar-refractivity contribution in [1.82, 2.24) is 9.97 Å². The Balaban J connectivity index is 2.24. The minimum absolute atomic E-state index is 0.267. The van der Waals surface area contributed by atoms with Gasteiger partial charge in [0.05, 0.1) is 5.56 Å². The molecule has 0 aliphatic heterocycles.